The zero-order valence-electron chi connectivity index (χ0n) is 47.8. The third-order valence-corrected chi connectivity index (χ3v) is 19.2. The molecule has 3 N–H and O–H groups in total. The summed E-state index contributed by atoms with van der Waals surface area (Å²) in [7, 11) is 3.54. The summed E-state index contributed by atoms with van der Waals surface area (Å²) < 4.78 is 42.2. The molecule has 4 heterocycles. The Morgan fingerprint density at radius 2 is 0.894 bits per heavy atom. The molecule has 0 aliphatic heterocycles. The summed E-state index contributed by atoms with van der Waals surface area (Å²) in [6.07, 6.45) is 0. The minimum atomic E-state index is -0.929. The molecule has 4 aromatic heterocycles. The van der Waals surface area contributed by atoms with Crippen LogP contribution in [-0.2, 0) is 14.4 Å². The number of aliphatic carboxylic acids is 2. The van der Waals surface area contributed by atoms with Gasteiger partial charge >= 0.3 is 11.9 Å². The highest BCUT2D eigenvalue weighted by Gasteiger charge is 2.32. The van der Waals surface area contributed by atoms with Crippen molar-refractivity contribution in [1.29, 1.82) is 0 Å². The molecular weight excluding hydrogens is 1230 g/mol. The Balaban J connectivity index is 0.000000191. The van der Waals surface area contributed by atoms with Crippen LogP contribution in [0.4, 0.5) is 18.3 Å². The summed E-state index contributed by atoms with van der Waals surface area (Å²) in [4.78, 5) is 68.8. The van der Waals surface area contributed by atoms with Crippen LogP contribution in [0.1, 0.15) is 109 Å². The molecule has 0 aliphatic carbocycles. The molecule has 442 valence electrons. The summed E-state index contributed by atoms with van der Waals surface area (Å²) in [5, 5.41) is 30.8. The molecule has 0 spiro atoms. The van der Waals surface area contributed by atoms with E-state index in [1.807, 2.05) is 107 Å². The van der Waals surface area contributed by atoms with Crippen molar-refractivity contribution in [1.82, 2.24) is 20.0 Å². The number of carbonyl (C=O) groups is 5. The summed E-state index contributed by atoms with van der Waals surface area (Å²) in [6.45, 7) is 12.1. The SMILES string of the molecule is CCN(C)C(=O)c1ccc(-c2ccc([C@@H](c3cccc(F)c3)[C@@H](C)C(=O)Nc3nnc(C)s3)s2)cc1.CCN(C)C(=O)c1ccc(-c2ccc([C@@H](c3cccc(F)c3)[C@@H](C)C(=O)O)s2)cc1.C[C@@H](C(=O)O)[C@H](c1cccc(F)c1)c1ccc(Br)s1. The highest BCUT2D eigenvalue weighted by Crippen LogP contribution is 2.43. The van der Waals surface area contributed by atoms with Crippen molar-refractivity contribution >= 4 is 96.1 Å². The van der Waals surface area contributed by atoms with E-state index in [1.54, 1.807) is 91.5 Å². The number of anilines is 1. The Bertz CT molecular complexity index is 3760. The lowest BCUT2D eigenvalue weighted by Gasteiger charge is -2.22. The molecule has 9 rings (SSSR count). The molecule has 0 radical (unpaired) electrons. The first kappa shape index (κ1) is 64.9. The first-order chi connectivity index (χ1) is 40.6. The van der Waals surface area contributed by atoms with Crippen LogP contribution in [0.2, 0.25) is 0 Å². The smallest absolute Gasteiger partial charge is 0.307 e. The molecule has 0 bridgehead atoms. The van der Waals surface area contributed by atoms with Crippen LogP contribution in [0.25, 0.3) is 20.9 Å². The van der Waals surface area contributed by atoms with Gasteiger partial charge in [0.25, 0.3) is 11.8 Å². The predicted octanol–water partition coefficient (Wildman–Crippen LogP) is 16.2. The van der Waals surface area contributed by atoms with Gasteiger partial charge in [-0.05, 0) is 162 Å². The number of hydrogen-bond donors (Lipinski definition) is 3. The number of amides is 3. The Kier molecular flexibility index (Phi) is 22.9. The second-order valence-electron chi connectivity index (χ2n) is 20.1. The number of carbonyl (C=O) groups excluding carboxylic acids is 3. The van der Waals surface area contributed by atoms with E-state index < -0.39 is 35.6 Å². The highest BCUT2D eigenvalue weighted by molar-refractivity contribution is 9.11. The summed E-state index contributed by atoms with van der Waals surface area (Å²) >= 11 is 9.19. The fraction of sp³-hybridized carbons (Fsp3) is 0.246. The van der Waals surface area contributed by atoms with Crippen molar-refractivity contribution in [3.8, 4) is 20.9 Å². The van der Waals surface area contributed by atoms with E-state index in [9.17, 15) is 47.4 Å². The van der Waals surface area contributed by atoms with Crippen LogP contribution in [0.3, 0.4) is 0 Å². The largest absolute Gasteiger partial charge is 0.481 e. The number of nitrogens with zero attached hydrogens (tertiary/aromatic N) is 4. The van der Waals surface area contributed by atoms with E-state index >= 15 is 0 Å². The Hall–Kier alpha value is -7.62. The first-order valence-corrected chi connectivity index (χ1v) is 31.1. The van der Waals surface area contributed by atoms with Gasteiger partial charge in [0.1, 0.15) is 22.5 Å². The molecule has 9 aromatic rings. The van der Waals surface area contributed by atoms with E-state index in [2.05, 4.69) is 31.4 Å². The van der Waals surface area contributed by atoms with Crippen LogP contribution in [0.15, 0.2) is 162 Å². The topological polar surface area (TPSA) is 170 Å². The molecule has 0 saturated carbocycles. The van der Waals surface area contributed by atoms with Crippen LogP contribution < -0.4 is 5.32 Å². The van der Waals surface area contributed by atoms with Gasteiger partial charge in [0.15, 0.2) is 0 Å². The van der Waals surface area contributed by atoms with Crippen LogP contribution in [0, 0.1) is 42.1 Å². The first-order valence-electron chi connectivity index (χ1n) is 27.1. The average molecular weight is 1290 g/mol. The van der Waals surface area contributed by atoms with Gasteiger partial charge in [-0.2, -0.15) is 0 Å². The maximum absolute atomic E-state index is 14.2. The van der Waals surface area contributed by atoms with E-state index in [4.69, 9.17) is 0 Å². The predicted molar refractivity (Wildman–Crippen MR) is 338 cm³/mol. The van der Waals surface area contributed by atoms with Gasteiger partial charge in [-0.1, -0.05) is 92.8 Å². The number of thiophene rings is 3. The van der Waals surface area contributed by atoms with E-state index in [-0.39, 0.29) is 47.0 Å². The van der Waals surface area contributed by atoms with Gasteiger partial charge in [0, 0.05) is 86.4 Å². The van der Waals surface area contributed by atoms with Gasteiger partial charge in [-0.15, -0.1) is 44.2 Å². The molecule has 20 heteroatoms. The van der Waals surface area contributed by atoms with Gasteiger partial charge in [0.05, 0.1) is 15.6 Å². The molecule has 12 nitrogen and oxygen atoms in total. The molecular formula is C65H63BrF3N5O7S4. The maximum atomic E-state index is 14.2. The van der Waals surface area contributed by atoms with Crippen molar-refractivity contribution < 1.29 is 47.4 Å². The fourth-order valence-corrected chi connectivity index (χ4v) is 14.1. The summed E-state index contributed by atoms with van der Waals surface area (Å²) in [6, 6.07) is 45.1. The van der Waals surface area contributed by atoms with Gasteiger partial charge < -0.3 is 25.3 Å². The number of halogens is 4. The second-order valence-corrected chi connectivity index (χ2v) is 26.0. The second kappa shape index (κ2) is 29.9. The number of hydrogen-bond acceptors (Lipinski definition) is 11. The highest BCUT2D eigenvalue weighted by atomic mass is 79.9. The van der Waals surface area contributed by atoms with Gasteiger partial charge in [0.2, 0.25) is 11.0 Å². The van der Waals surface area contributed by atoms with Crippen molar-refractivity contribution in [2.24, 2.45) is 17.8 Å². The maximum Gasteiger partial charge on any atom is 0.307 e. The lowest BCUT2D eigenvalue weighted by atomic mass is 9.85. The third kappa shape index (κ3) is 16.8. The fourth-order valence-electron chi connectivity index (χ4n) is 9.33. The molecule has 85 heavy (non-hydrogen) atoms. The number of benzene rings is 5. The number of carboxylic acids is 2. The summed E-state index contributed by atoms with van der Waals surface area (Å²) in [5.74, 6) is -6.13. The minimum absolute atomic E-state index is 0.0208. The number of rotatable bonds is 19. The molecule has 0 aliphatic rings. The molecule has 3 amide bonds. The van der Waals surface area contributed by atoms with Crippen molar-refractivity contribution in [2.75, 3.05) is 32.5 Å². The van der Waals surface area contributed by atoms with Gasteiger partial charge in [-0.25, -0.2) is 13.2 Å². The molecule has 5 aromatic carbocycles. The van der Waals surface area contributed by atoms with Crippen LogP contribution in [0.5, 0.6) is 0 Å². The Labute approximate surface area is 516 Å². The minimum Gasteiger partial charge on any atom is -0.481 e. The van der Waals surface area contributed by atoms with Crippen molar-refractivity contribution in [2.45, 2.75) is 59.3 Å². The number of aryl methyl sites for hydroxylation is 1. The molecule has 0 unspecified atom stereocenters. The molecule has 0 saturated heterocycles. The molecule has 6 atom stereocenters. The number of nitrogens with one attached hydrogen (secondary N) is 1. The van der Waals surface area contributed by atoms with Crippen molar-refractivity contribution in [3.63, 3.8) is 0 Å². The molecule has 0 fully saturated rings. The van der Waals surface area contributed by atoms with Crippen molar-refractivity contribution in [3.05, 3.63) is 226 Å². The van der Waals surface area contributed by atoms with E-state index in [1.165, 1.54) is 70.4 Å². The lowest BCUT2D eigenvalue weighted by molar-refractivity contribution is -0.142. The Morgan fingerprint density at radius 1 is 0.518 bits per heavy atom. The van der Waals surface area contributed by atoms with Gasteiger partial charge in [-0.3, -0.25) is 24.0 Å². The standard InChI is InChI=1S/C27H27FN4O2S2.C24H24FNO3S.C14H12BrFO2S/c1-5-32(4)26(34)19-11-9-18(10-12-19)22-13-14-23(36-22)24(20-7-6-8-21(28)15-20)16(2)25(33)29-27-31-30-17(3)35-27;1-4-26(3)23(27)17-10-8-16(9-11-17)20-12-13-21(30-20)22(15(2)24(28)29)18-6-5-7-19(25)14-18;1-8(14(17)18)13(11-5-6-12(15)19-11)9-3-2-4-10(16)7-9/h6-16,24H,5H2,1-4H3,(H,29,31,33);5-15,22H,4H2,1-3H3,(H,28,29);2-8,13H,1H3,(H,17,18)/t16-,24-;15-,22-;8-,13-/m111/s1. The third-order valence-electron chi connectivity index (χ3n) is 14.3. The van der Waals surface area contributed by atoms with E-state index in [0.717, 1.165) is 49.9 Å². The normalized spacial score (nSPS) is 13.1. The zero-order chi connectivity index (χ0) is 61.6. The quantitative estimate of drug-likeness (QED) is 0.0713. The van der Waals surface area contributed by atoms with Crippen LogP contribution >= 0.6 is 61.3 Å². The Morgan fingerprint density at radius 3 is 1.22 bits per heavy atom. The lowest BCUT2D eigenvalue weighted by Crippen LogP contribution is -2.26. The van der Waals surface area contributed by atoms with Crippen LogP contribution in [-0.4, -0.2) is 87.1 Å². The number of aromatic nitrogens is 2. The monoisotopic (exact) mass is 1290 g/mol. The van der Waals surface area contributed by atoms with E-state index in [0.29, 0.717) is 40.5 Å². The average Bonchev–Trinajstić information content (AvgIpc) is 3.91. The number of carboxylic acid groups (broad SMARTS) is 2. The summed E-state index contributed by atoms with van der Waals surface area (Å²) in [5.41, 5.74) is 5.23. The zero-order valence-corrected chi connectivity index (χ0v) is 52.6.